The molecular formula is C12H16O2S. The summed E-state index contributed by atoms with van der Waals surface area (Å²) >= 11 is 1.53. The summed E-state index contributed by atoms with van der Waals surface area (Å²) in [6.45, 7) is 2.23. The Morgan fingerprint density at radius 2 is 2.40 bits per heavy atom. The molecule has 1 heterocycles. The summed E-state index contributed by atoms with van der Waals surface area (Å²) in [5.74, 6) is 0.536. The van der Waals surface area contributed by atoms with Crippen LogP contribution >= 0.6 is 11.3 Å². The normalized spacial score (nSPS) is 26.2. The van der Waals surface area contributed by atoms with E-state index in [-0.39, 0.29) is 12.1 Å². The van der Waals surface area contributed by atoms with E-state index in [1.54, 1.807) is 0 Å². The van der Waals surface area contributed by atoms with Gasteiger partial charge in [-0.05, 0) is 36.6 Å². The summed E-state index contributed by atoms with van der Waals surface area (Å²) in [6, 6.07) is 1.82. The molecule has 1 aromatic rings. The molecule has 2 atom stereocenters. The Hall–Kier alpha value is -0.830. The van der Waals surface area contributed by atoms with Crippen molar-refractivity contribution in [3.05, 3.63) is 22.4 Å². The monoisotopic (exact) mass is 224 g/mol. The van der Waals surface area contributed by atoms with Gasteiger partial charge in [-0.15, -0.1) is 0 Å². The van der Waals surface area contributed by atoms with E-state index in [1.165, 1.54) is 24.2 Å². The minimum atomic E-state index is -0.157. The lowest BCUT2D eigenvalue weighted by molar-refractivity contribution is 0.0156. The van der Waals surface area contributed by atoms with E-state index in [1.807, 2.05) is 16.8 Å². The molecule has 3 heteroatoms. The van der Waals surface area contributed by atoms with Crippen LogP contribution in [0.3, 0.4) is 0 Å². The highest BCUT2D eigenvalue weighted by atomic mass is 32.1. The third-order valence-corrected chi connectivity index (χ3v) is 3.60. The van der Waals surface area contributed by atoms with Crippen molar-refractivity contribution in [2.24, 2.45) is 5.92 Å². The van der Waals surface area contributed by atoms with E-state index in [0.29, 0.717) is 11.5 Å². The lowest BCUT2D eigenvalue weighted by atomic mass is 9.89. The van der Waals surface area contributed by atoms with Crippen molar-refractivity contribution < 1.29 is 9.53 Å². The zero-order chi connectivity index (χ0) is 10.7. The van der Waals surface area contributed by atoms with Crippen LogP contribution in [0, 0.1) is 5.92 Å². The molecule has 1 fully saturated rings. The van der Waals surface area contributed by atoms with Crippen molar-refractivity contribution >= 4 is 17.3 Å². The van der Waals surface area contributed by atoms with Gasteiger partial charge in [0.25, 0.3) is 0 Å². The Morgan fingerprint density at radius 3 is 3.07 bits per heavy atom. The van der Waals surface area contributed by atoms with Crippen molar-refractivity contribution in [3.8, 4) is 0 Å². The maximum atomic E-state index is 11.7. The van der Waals surface area contributed by atoms with Crippen molar-refractivity contribution in [2.45, 2.75) is 38.7 Å². The molecule has 0 aliphatic heterocycles. The second-order valence-corrected chi connectivity index (χ2v) is 5.09. The molecule has 2 nitrogen and oxygen atoms in total. The molecule has 2 rings (SSSR count). The van der Waals surface area contributed by atoms with Gasteiger partial charge in [-0.1, -0.05) is 13.3 Å². The maximum Gasteiger partial charge on any atom is 0.339 e. The molecule has 82 valence electrons. The fourth-order valence-corrected chi connectivity index (χ4v) is 2.71. The Labute approximate surface area is 94.3 Å². The van der Waals surface area contributed by atoms with E-state index in [2.05, 4.69) is 6.92 Å². The standard InChI is InChI=1S/C12H16O2S/c1-9-3-2-4-11(7-9)14-12(13)10-5-6-15-8-10/h5-6,8-9,11H,2-4,7H2,1H3. The first-order valence-corrected chi connectivity index (χ1v) is 6.43. The summed E-state index contributed by atoms with van der Waals surface area (Å²) in [5, 5.41) is 3.74. The quantitative estimate of drug-likeness (QED) is 0.719. The van der Waals surface area contributed by atoms with E-state index in [4.69, 9.17) is 4.74 Å². The fourth-order valence-electron chi connectivity index (χ4n) is 2.09. The van der Waals surface area contributed by atoms with E-state index < -0.39 is 0 Å². The summed E-state index contributed by atoms with van der Waals surface area (Å²) < 4.78 is 5.47. The molecule has 0 saturated heterocycles. The van der Waals surface area contributed by atoms with Crippen LogP contribution < -0.4 is 0 Å². The second kappa shape index (κ2) is 4.79. The Kier molecular flexibility index (Phi) is 3.41. The highest BCUT2D eigenvalue weighted by Crippen LogP contribution is 2.26. The predicted octanol–water partition coefficient (Wildman–Crippen LogP) is 3.48. The van der Waals surface area contributed by atoms with Crippen LogP contribution in [-0.2, 0) is 4.74 Å². The van der Waals surface area contributed by atoms with Gasteiger partial charge in [0.05, 0.1) is 5.56 Å². The Morgan fingerprint density at radius 1 is 1.53 bits per heavy atom. The Bertz CT molecular complexity index is 318. The van der Waals surface area contributed by atoms with Gasteiger partial charge in [0.15, 0.2) is 0 Å². The molecule has 0 spiro atoms. The summed E-state index contributed by atoms with van der Waals surface area (Å²) in [4.78, 5) is 11.7. The van der Waals surface area contributed by atoms with Gasteiger partial charge in [-0.3, -0.25) is 0 Å². The molecule has 1 saturated carbocycles. The number of thiophene rings is 1. The molecule has 0 amide bonds. The van der Waals surface area contributed by atoms with Gasteiger partial charge in [0.2, 0.25) is 0 Å². The third-order valence-electron chi connectivity index (χ3n) is 2.92. The predicted molar refractivity (Wildman–Crippen MR) is 61.2 cm³/mol. The number of hydrogen-bond acceptors (Lipinski definition) is 3. The fraction of sp³-hybridized carbons (Fsp3) is 0.583. The number of carbonyl (C=O) groups excluding carboxylic acids is 1. The Balaban J connectivity index is 1.89. The second-order valence-electron chi connectivity index (χ2n) is 4.31. The van der Waals surface area contributed by atoms with Gasteiger partial charge in [0.1, 0.15) is 6.10 Å². The molecule has 1 aliphatic carbocycles. The highest BCUT2D eigenvalue weighted by molar-refractivity contribution is 7.08. The van der Waals surface area contributed by atoms with Gasteiger partial charge >= 0.3 is 5.97 Å². The van der Waals surface area contributed by atoms with Crippen molar-refractivity contribution in [1.82, 2.24) is 0 Å². The van der Waals surface area contributed by atoms with Crippen LogP contribution in [0.25, 0.3) is 0 Å². The smallest absolute Gasteiger partial charge is 0.339 e. The largest absolute Gasteiger partial charge is 0.459 e. The lowest BCUT2D eigenvalue weighted by Crippen LogP contribution is -2.24. The van der Waals surface area contributed by atoms with Crippen molar-refractivity contribution in [3.63, 3.8) is 0 Å². The molecule has 0 radical (unpaired) electrons. The van der Waals surface area contributed by atoms with Crippen LogP contribution in [0.2, 0.25) is 0 Å². The molecule has 1 aliphatic rings. The van der Waals surface area contributed by atoms with Gasteiger partial charge in [0, 0.05) is 5.38 Å². The molecule has 2 unspecified atom stereocenters. The molecule has 0 N–H and O–H groups in total. The van der Waals surface area contributed by atoms with Crippen molar-refractivity contribution in [1.29, 1.82) is 0 Å². The number of ether oxygens (including phenoxy) is 1. The third kappa shape index (κ3) is 2.81. The first kappa shape index (κ1) is 10.7. The van der Waals surface area contributed by atoms with E-state index in [0.717, 1.165) is 12.8 Å². The van der Waals surface area contributed by atoms with Crippen LogP contribution in [0.5, 0.6) is 0 Å². The van der Waals surface area contributed by atoms with E-state index in [9.17, 15) is 4.79 Å². The average molecular weight is 224 g/mol. The zero-order valence-electron chi connectivity index (χ0n) is 8.94. The maximum absolute atomic E-state index is 11.7. The number of esters is 1. The first-order valence-electron chi connectivity index (χ1n) is 5.49. The zero-order valence-corrected chi connectivity index (χ0v) is 9.76. The van der Waals surface area contributed by atoms with Crippen LogP contribution in [0.1, 0.15) is 43.0 Å². The highest BCUT2D eigenvalue weighted by Gasteiger charge is 2.22. The molecule has 15 heavy (non-hydrogen) atoms. The number of hydrogen-bond donors (Lipinski definition) is 0. The summed E-state index contributed by atoms with van der Waals surface area (Å²) in [7, 11) is 0. The lowest BCUT2D eigenvalue weighted by Gasteiger charge is -2.26. The van der Waals surface area contributed by atoms with Gasteiger partial charge in [-0.2, -0.15) is 11.3 Å². The average Bonchev–Trinajstić information content (AvgIpc) is 2.70. The molecule has 0 bridgehead atoms. The minimum absolute atomic E-state index is 0.140. The minimum Gasteiger partial charge on any atom is -0.459 e. The SMILES string of the molecule is CC1CCCC(OC(=O)c2ccsc2)C1. The van der Waals surface area contributed by atoms with E-state index >= 15 is 0 Å². The van der Waals surface area contributed by atoms with Gasteiger partial charge < -0.3 is 4.74 Å². The summed E-state index contributed by atoms with van der Waals surface area (Å²) in [6.07, 6.45) is 4.65. The van der Waals surface area contributed by atoms with Crippen molar-refractivity contribution in [2.75, 3.05) is 0 Å². The first-order chi connectivity index (χ1) is 7.25. The summed E-state index contributed by atoms with van der Waals surface area (Å²) in [5.41, 5.74) is 0.693. The van der Waals surface area contributed by atoms with Crippen LogP contribution in [-0.4, -0.2) is 12.1 Å². The van der Waals surface area contributed by atoms with Crippen LogP contribution in [0.4, 0.5) is 0 Å². The molecule has 0 aromatic carbocycles. The number of rotatable bonds is 2. The van der Waals surface area contributed by atoms with Crippen LogP contribution in [0.15, 0.2) is 16.8 Å². The topological polar surface area (TPSA) is 26.3 Å². The molecule has 1 aromatic heterocycles. The van der Waals surface area contributed by atoms with Gasteiger partial charge in [-0.25, -0.2) is 4.79 Å². The number of carbonyl (C=O) groups is 1. The molecular weight excluding hydrogens is 208 g/mol.